The average Bonchev–Trinajstić information content (AvgIpc) is 2.56. The van der Waals surface area contributed by atoms with Crippen LogP contribution in [-0.2, 0) is 0 Å². The number of halogens is 5. The summed E-state index contributed by atoms with van der Waals surface area (Å²) in [5.74, 6) is -1.43. The third kappa shape index (κ3) is 6.09. The first-order valence-electron chi connectivity index (χ1n) is 7.12. The molecule has 0 aromatic heterocycles. The molecule has 0 saturated heterocycles. The maximum Gasteiger partial charge on any atom is 0.255 e. The quantitative estimate of drug-likeness (QED) is 0.222. The molecule has 4 nitrogen and oxygen atoms in total. The molecule has 1 atom stereocenters. The van der Waals surface area contributed by atoms with Gasteiger partial charge in [0.05, 0.1) is 11.3 Å². The molecule has 10 heteroatoms. The van der Waals surface area contributed by atoms with Gasteiger partial charge >= 0.3 is 0 Å². The van der Waals surface area contributed by atoms with Crippen LogP contribution in [0, 0.1) is 9.39 Å². The van der Waals surface area contributed by atoms with Gasteiger partial charge in [0.15, 0.2) is 5.11 Å². The molecule has 138 valence electrons. The van der Waals surface area contributed by atoms with Gasteiger partial charge in [0.25, 0.3) is 5.91 Å². The van der Waals surface area contributed by atoms with Gasteiger partial charge in [0, 0.05) is 3.57 Å². The summed E-state index contributed by atoms with van der Waals surface area (Å²) in [6, 6.07) is 12.9. The summed E-state index contributed by atoms with van der Waals surface area (Å²) in [5, 5.41) is 8.22. The Bertz CT molecular complexity index is 819. The van der Waals surface area contributed by atoms with Gasteiger partial charge in [-0.25, -0.2) is 4.39 Å². The van der Waals surface area contributed by atoms with Crippen LogP contribution in [0.2, 0.25) is 0 Å². The molecule has 0 heterocycles. The Morgan fingerprint density at radius 3 is 2.31 bits per heavy atom. The second-order valence-electron chi connectivity index (χ2n) is 5.01. The van der Waals surface area contributed by atoms with E-state index >= 15 is 0 Å². The standard InChI is InChI=1S/C16H12Cl3FIN3OS/c17-16(18,19)14(23-13(25)9-5-1-2-6-10(9)20)24-15(26)22-12-8-4-3-7-11(12)21/h1-8,14H,(H,23,25)(H2,22,24,26). The van der Waals surface area contributed by atoms with Crippen molar-refractivity contribution in [3.05, 3.63) is 63.5 Å². The normalized spacial score (nSPS) is 12.2. The smallest absolute Gasteiger partial charge is 0.255 e. The fraction of sp³-hybridized carbons (Fsp3) is 0.125. The predicted octanol–water partition coefficient (Wildman–Crippen LogP) is 4.84. The molecule has 1 unspecified atom stereocenters. The highest BCUT2D eigenvalue weighted by molar-refractivity contribution is 14.1. The van der Waals surface area contributed by atoms with Gasteiger partial charge in [-0.05, 0) is 59.1 Å². The lowest BCUT2D eigenvalue weighted by Crippen LogP contribution is -2.56. The summed E-state index contributed by atoms with van der Waals surface area (Å²) in [6.07, 6.45) is -1.19. The fourth-order valence-electron chi connectivity index (χ4n) is 1.91. The molecule has 26 heavy (non-hydrogen) atoms. The summed E-state index contributed by atoms with van der Waals surface area (Å²) in [4.78, 5) is 12.3. The number of alkyl halides is 3. The molecular weight excluding hydrogens is 535 g/mol. The summed E-state index contributed by atoms with van der Waals surface area (Å²) in [7, 11) is 0. The number of benzene rings is 2. The van der Waals surface area contributed by atoms with Crippen molar-refractivity contribution in [3.8, 4) is 0 Å². The van der Waals surface area contributed by atoms with E-state index in [0.717, 1.165) is 15.3 Å². The molecule has 0 radical (unpaired) electrons. The Morgan fingerprint density at radius 1 is 1.08 bits per heavy atom. The summed E-state index contributed by atoms with van der Waals surface area (Å²) in [5.41, 5.74) is 0.569. The monoisotopic (exact) mass is 545 g/mol. The second kappa shape index (κ2) is 9.36. The number of hydrogen-bond acceptors (Lipinski definition) is 2. The van der Waals surface area contributed by atoms with Gasteiger partial charge in [-0.3, -0.25) is 4.79 Å². The number of anilines is 1. The van der Waals surface area contributed by atoms with Gasteiger partial charge in [0.2, 0.25) is 3.79 Å². The molecular formula is C16H12Cl3FIN3OS. The van der Waals surface area contributed by atoms with Crippen LogP contribution in [0.1, 0.15) is 10.4 Å². The zero-order chi connectivity index (χ0) is 19.3. The van der Waals surface area contributed by atoms with Crippen molar-refractivity contribution in [1.82, 2.24) is 10.6 Å². The third-order valence-corrected chi connectivity index (χ3v) is 4.93. The van der Waals surface area contributed by atoms with Crippen molar-refractivity contribution in [2.75, 3.05) is 5.32 Å². The van der Waals surface area contributed by atoms with Crippen LogP contribution in [0.15, 0.2) is 48.5 Å². The van der Waals surface area contributed by atoms with E-state index in [1.807, 2.05) is 24.3 Å². The van der Waals surface area contributed by atoms with Crippen LogP contribution in [0.4, 0.5) is 10.1 Å². The van der Waals surface area contributed by atoms with Crippen LogP contribution in [0.25, 0.3) is 0 Å². The molecule has 2 aromatic rings. The van der Waals surface area contributed by atoms with E-state index in [1.54, 1.807) is 0 Å². The van der Waals surface area contributed by atoms with E-state index in [9.17, 15) is 9.18 Å². The van der Waals surface area contributed by atoms with Crippen molar-refractivity contribution >= 4 is 86.3 Å². The molecule has 0 aliphatic heterocycles. The van der Waals surface area contributed by atoms with Crippen LogP contribution in [-0.4, -0.2) is 21.0 Å². The van der Waals surface area contributed by atoms with Gasteiger partial charge in [0.1, 0.15) is 12.0 Å². The molecule has 2 aromatic carbocycles. The molecule has 0 fully saturated rings. The number of hydrogen-bond donors (Lipinski definition) is 3. The van der Waals surface area contributed by atoms with E-state index in [0.29, 0.717) is 0 Å². The van der Waals surface area contributed by atoms with E-state index in [-0.39, 0.29) is 10.7 Å². The summed E-state index contributed by atoms with van der Waals surface area (Å²) in [6.45, 7) is 0. The lowest BCUT2D eigenvalue weighted by Gasteiger charge is -2.28. The van der Waals surface area contributed by atoms with Crippen molar-refractivity contribution in [2.24, 2.45) is 0 Å². The zero-order valence-electron chi connectivity index (χ0n) is 12.9. The summed E-state index contributed by atoms with van der Waals surface area (Å²) < 4.78 is 12.8. The number of nitrogens with one attached hydrogen (secondary N) is 3. The lowest BCUT2D eigenvalue weighted by atomic mass is 10.2. The Morgan fingerprint density at radius 2 is 1.69 bits per heavy atom. The molecule has 3 N–H and O–H groups in total. The van der Waals surface area contributed by atoms with E-state index in [2.05, 4.69) is 38.5 Å². The molecule has 0 aliphatic rings. The fourth-order valence-corrected chi connectivity index (χ4v) is 2.98. The Balaban J connectivity index is 2.10. The van der Waals surface area contributed by atoms with Crippen LogP contribution < -0.4 is 16.0 Å². The minimum absolute atomic E-state index is 0.124. The second-order valence-corrected chi connectivity index (χ2v) is 8.95. The highest BCUT2D eigenvalue weighted by Crippen LogP contribution is 2.29. The van der Waals surface area contributed by atoms with Crippen molar-refractivity contribution in [2.45, 2.75) is 9.96 Å². The van der Waals surface area contributed by atoms with E-state index < -0.39 is 21.7 Å². The molecule has 0 aliphatic carbocycles. The number of rotatable bonds is 4. The van der Waals surface area contributed by atoms with Crippen LogP contribution in [0.3, 0.4) is 0 Å². The third-order valence-electron chi connectivity index (χ3n) is 3.12. The number of carbonyl (C=O) groups excluding carboxylic acids is 1. The maximum atomic E-state index is 13.8. The molecule has 0 saturated carbocycles. The zero-order valence-corrected chi connectivity index (χ0v) is 18.1. The highest BCUT2D eigenvalue weighted by atomic mass is 127. The van der Waals surface area contributed by atoms with Gasteiger partial charge in [-0.2, -0.15) is 0 Å². The van der Waals surface area contributed by atoms with Crippen LogP contribution in [0.5, 0.6) is 0 Å². The number of carbonyl (C=O) groups is 1. The van der Waals surface area contributed by atoms with E-state index in [1.165, 1.54) is 18.2 Å². The van der Waals surface area contributed by atoms with Crippen molar-refractivity contribution in [3.63, 3.8) is 0 Å². The molecule has 0 bridgehead atoms. The largest absolute Gasteiger partial charge is 0.339 e. The van der Waals surface area contributed by atoms with Crippen LogP contribution >= 0.6 is 69.6 Å². The molecule has 1 amide bonds. The lowest BCUT2D eigenvalue weighted by molar-refractivity contribution is 0.0930. The Hall–Kier alpha value is -0.870. The van der Waals surface area contributed by atoms with Gasteiger partial charge in [-0.1, -0.05) is 59.1 Å². The predicted molar refractivity (Wildman–Crippen MR) is 116 cm³/mol. The minimum Gasteiger partial charge on any atom is -0.339 e. The van der Waals surface area contributed by atoms with Crippen molar-refractivity contribution in [1.29, 1.82) is 0 Å². The Labute approximate surface area is 183 Å². The number of amides is 1. The topological polar surface area (TPSA) is 53.2 Å². The molecule has 0 spiro atoms. The van der Waals surface area contributed by atoms with Crippen molar-refractivity contribution < 1.29 is 9.18 Å². The first-order valence-corrected chi connectivity index (χ1v) is 9.74. The summed E-state index contributed by atoms with van der Waals surface area (Å²) >= 11 is 25.1. The number of para-hydroxylation sites is 1. The first-order chi connectivity index (χ1) is 12.2. The molecule has 2 rings (SSSR count). The Kier molecular flexibility index (Phi) is 7.72. The van der Waals surface area contributed by atoms with E-state index in [4.69, 9.17) is 47.0 Å². The first kappa shape index (κ1) is 21.4. The number of thiocarbonyl (C=S) groups is 1. The SMILES string of the molecule is O=C(NC(NC(=S)Nc1ccccc1I)C(Cl)(Cl)Cl)c1ccccc1F. The van der Waals surface area contributed by atoms with Gasteiger partial charge < -0.3 is 16.0 Å². The van der Waals surface area contributed by atoms with Gasteiger partial charge in [-0.15, -0.1) is 0 Å². The maximum absolute atomic E-state index is 13.8. The average molecular weight is 547 g/mol. The highest BCUT2D eigenvalue weighted by Gasteiger charge is 2.35. The minimum atomic E-state index is -1.93.